The summed E-state index contributed by atoms with van der Waals surface area (Å²) in [7, 11) is 0. The number of benzene rings is 1. The van der Waals surface area contributed by atoms with Crippen LogP contribution in [0, 0.1) is 5.41 Å². The molecule has 5 heteroatoms. The summed E-state index contributed by atoms with van der Waals surface area (Å²) in [5, 5.41) is 0. The molecule has 0 amide bonds. The van der Waals surface area contributed by atoms with E-state index in [1.807, 2.05) is 0 Å². The van der Waals surface area contributed by atoms with Crippen molar-refractivity contribution in [2.24, 2.45) is 5.41 Å². The predicted molar refractivity (Wildman–Crippen MR) is 64.2 cm³/mol. The first-order chi connectivity index (χ1) is 8.91. The van der Waals surface area contributed by atoms with Crippen molar-refractivity contribution < 1.29 is 22.7 Å². The summed E-state index contributed by atoms with van der Waals surface area (Å²) in [4.78, 5) is 11.6. The van der Waals surface area contributed by atoms with Gasteiger partial charge in [0, 0.05) is 0 Å². The Morgan fingerprint density at radius 1 is 1.37 bits per heavy atom. The maximum Gasteiger partial charge on any atom is 0.408 e. The van der Waals surface area contributed by atoms with Gasteiger partial charge in [0.15, 0.2) is 5.41 Å². The van der Waals surface area contributed by atoms with Crippen LogP contribution >= 0.6 is 0 Å². The Kier molecular flexibility index (Phi) is 3.39. The van der Waals surface area contributed by atoms with E-state index in [9.17, 15) is 18.0 Å². The molecule has 1 fully saturated rings. The monoisotopic (exact) mass is 270 g/mol. The van der Waals surface area contributed by atoms with Crippen LogP contribution in [0.1, 0.15) is 18.9 Å². The number of carbonyl (C=O) groups excluding carboxylic acids is 1. The number of hydrogen-bond donors (Lipinski definition) is 0. The second kappa shape index (κ2) is 4.72. The van der Waals surface area contributed by atoms with Gasteiger partial charge in [-0.15, -0.1) is 0 Å². The Balaban J connectivity index is 2.31. The lowest BCUT2D eigenvalue weighted by molar-refractivity contribution is -0.202. The zero-order chi connectivity index (χ0) is 14.1. The molecule has 1 aliphatic rings. The summed E-state index contributed by atoms with van der Waals surface area (Å²) in [6.07, 6.45) is -3.52. The highest BCUT2D eigenvalue weighted by atomic mass is 19.4. The highest BCUT2D eigenvalue weighted by Crippen LogP contribution is 2.63. The molecule has 0 spiro atoms. The number of halogens is 3. The van der Waals surface area contributed by atoms with Crippen LogP contribution in [0.25, 0.3) is 6.08 Å². The van der Waals surface area contributed by atoms with E-state index in [1.165, 1.54) is 13.0 Å². The molecule has 0 bridgehead atoms. The van der Waals surface area contributed by atoms with E-state index in [1.54, 1.807) is 30.3 Å². The van der Waals surface area contributed by atoms with Crippen molar-refractivity contribution in [2.75, 3.05) is 6.61 Å². The van der Waals surface area contributed by atoms with Gasteiger partial charge in [-0.2, -0.15) is 13.2 Å². The summed E-state index contributed by atoms with van der Waals surface area (Å²) in [5.74, 6) is -1.20. The zero-order valence-electron chi connectivity index (χ0n) is 10.3. The van der Waals surface area contributed by atoms with Crippen molar-refractivity contribution in [1.29, 1.82) is 0 Å². The fourth-order valence-electron chi connectivity index (χ4n) is 2.02. The Labute approximate surface area is 108 Å². The van der Waals surface area contributed by atoms with Crippen molar-refractivity contribution in [3.63, 3.8) is 0 Å². The molecule has 0 saturated heterocycles. The largest absolute Gasteiger partial charge is 0.465 e. The summed E-state index contributed by atoms with van der Waals surface area (Å²) in [5.41, 5.74) is -1.73. The van der Waals surface area contributed by atoms with Gasteiger partial charge in [-0.1, -0.05) is 36.4 Å². The van der Waals surface area contributed by atoms with E-state index in [0.717, 1.165) is 0 Å². The molecule has 1 aromatic rings. The molecule has 1 aliphatic carbocycles. The van der Waals surface area contributed by atoms with Crippen molar-refractivity contribution in [3.05, 3.63) is 41.5 Å². The average Bonchev–Trinajstić information content (AvgIpc) is 3.06. The Morgan fingerprint density at radius 2 is 2.00 bits per heavy atom. The molecule has 0 aromatic heterocycles. The van der Waals surface area contributed by atoms with Crippen LogP contribution < -0.4 is 0 Å². The number of alkyl halides is 3. The second-order valence-electron chi connectivity index (χ2n) is 4.38. The van der Waals surface area contributed by atoms with Gasteiger partial charge in [0.2, 0.25) is 0 Å². The SMILES string of the molecule is CCOC(=O)C1(C(F)(F)F)C/C1=C\c1ccccc1. The first-order valence-corrected chi connectivity index (χ1v) is 5.92. The first-order valence-electron chi connectivity index (χ1n) is 5.92. The minimum absolute atomic E-state index is 0.0599. The molecule has 2 nitrogen and oxygen atoms in total. The Bertz CT molecular complexity index is 505. The van der Waals surface area contributed by atoms with E-state index in [-0.39, 0.29) is 18.6 Å². The van der Waals surface area contributed by atoms with Gasteiger partial charge in [-0.05, 0) is 24.5 Å². The zero-order valence-corrected chi connectivity index (χ0v) is 10.3. The molecule has 0 N–H and O–H groups in total. The normalized spacial score (nSPS) is 24.3. The van der Waals surface area contributed by atoms with Gasteiger partial charge in [0.05, 0.1) is 6.61 Å². The van der Waals surface area contributed by atoms with E-state index in [0.29, 0.717) is 5.56 Å². The topological polar surface area (TPSA) is 26.3 Å². The van der Waals surface area contributed by atoms with Crippen LogP contribution in [0.4, 0.5) is 13.2 Å². The van der Waals surface area contributed by atoms with Crippen LogP contribution in [0.5, 0.6) is 0 Å². The summed E-state index contributed by atoms with van der Waals surface area (Å²) in [6.45, 7) is 1.43. The number of esters is 1. The van der Waals surface area contributed by atoms with Crippen molar-refractivity contribution in [2.45, 2.75) is 19.5 Å². The molecule has 0 radical (unpaired) electrons. The molecule has 0 heterocycles. The van der Waals surface area contributed by atoms with Crippen molar-refractivity contribution in [1.82, 2.24) is 0 Å². The third-order valence-electron chi connectivity index (χ3n) is 3.13. The Hall–Kier alpha value is -1.78. The molecule has 0 aliphatic heterocycles. The molecule has 1 aromatic carbocycles. The lowest BCUT2D eigenvalue weighted by Gasteiger charge is -2.17. The predicted octanol–water partition coefficient (Wildman–Crippen LogP) is 3.59. The minimum atomic E-state index is -4.61. The summed E-state index contributed by atoms with van der Waals surface area (Å²) < 4.78 is 43.8. The lowest BCUT2D eigenvalue weighted by atomic mass is 10.0. The molecule has 1 atom stereocenters. The third kappa shape index (κ3) is 2.37. The number of carbonyl (C=O) groups is 1. The van der Waals surface area contributed by atoms with E-state index < -0.39 is 17.6 Å². The summed E-state index contributed by atoms with van der Waals surface area (Å²) in [6, 6.07) is 8.62. The molecular weight excluding hydrogens is 257 g/mol. The van der Waals surface area contributed by atoms with Crippen molar-refractivity contribution >= 4 is 12.0 Å². The van der Waals surface area contributed by atoms with Crippen molar-refractivity contribution in [3.8, 4) is 0 Å². The van der Waals surface area contributed by atoms with Gasteiger partial charge in [-0.3, -0.25) is 4.79 Å². The highest BCUT2D eigenvalue weighted by molar-refractivity contribution is 5.90. The molecular formula is C14H13F3O2. The van der Waals surface area contributed by atoms with Gasteiger partial charge < -0.3 is 4.74 Å². The van der Waals surface area contributed by atoms with E-state index in [4.69, 9.17) is 0 Å². The number of rotatable bonds is 3. The standard InChI is InChI=1S/C14H13F3O2/c1-2-19-12(18)13(14(15,16)17)9-11(13)8-10-6-4-3-5-7-10/h3-8H,2,9H2,1H3/b11-8+. The molecule has 1 saturated carbocycles. The van der Waals surface area contributed by atoms with E-state index in [2.05, 4.69) is 4.74 Å². The van der Waals surface area contributed by atoms with Crippen LogP contribution in [-0.4, -0.2) is 18.8 Å². The van der Waals surface area contributed by atoms with Gasteiger partial charge >= 0.3 is 12.1 Å². The quantitative estimate of drug-likeness (QED) is 0.785. The maximum absolute atomic E-state index is 13.1. The van der Waals surface area contributed by atoms with Crippen LogP contribution in [0.3, 0.4) is 0 Å². The summed E-state index contributed by atoms with van der Waals surface area (Å²) >= 11 is 0. The Morgan fingerprint density at radius 3 is 2.53 bits per heavy atom. The molecule has 102 valence electrons. The van der Waals surface area contributed by atoms with Gasteiger partial charge in [0.1, 0.15) is 0 Å². The molecule has 2 rings (SSSR count). The molecule has 1 unspecified atom stereocenters. The molecule has 19 heavy (non-hydrogen) atoms. The second-order valence-corrected chi connectivity index (χ2v) is 4.38. The fourth-order valence-corrected chi connectivity index (χ4v) is 2.02. The average molecular weight is 270 g/mol. The van der Waals surface area contributed by atoms with Crippen LogP contribution in [0.15, 0.2) is 35.9 Å². The lowest BCUT2D eigenvalue weighted by Crippen LogP contribution is -2.34. The van der Waals surface area contributed by atoms with E-state index >= 15 is 0 Å². The third-order valence-corrected chi connectivity index (χ3v) is 3.13. The highest BCUT2D eigenvalue weighted by Gasteiger charge is 2.73. The van der Waals surface area contributed by atoms with Gasteiger partial charge in [-0.25, -0.2) is 0 Å². The maximum atomic E-state index is 13.1. The first kappa shape index (κ1) is 13.6. The van der Waals surface area contributed by atoms with Crippen LogP contribution in [0.2, 0.25) is 0 Å². The fraction of sp³-hybridized carbons (Fsp3) is 0.357. The smallest absolute Gasteiger partial charge is 0.408 e. The van der Waals surface area contributed by atoms with Gasteiger partial charge in [0.25, 0.3) is 0 Å². The minimum Gasteiger partial charge on any atom is -0.465 e. The number of hydrogen-bond acceptors (Lipinski definition) is 2. The van der Waals surface area contributed by atoms with Crippen LogP contribution in [-0.2, 0) is 9.53 Å². The number of ether oxygens (including phenoxy) is 1.